The van der Waals surface area contributed by atoms with Crippen LogP contribution in [0.5, 0.6) is 0 Å². The van der Waals surface area contributed by atoms with Crippen LogP contribution in [0, 0.1) is 13.8 Å². The van der Waals surface area contributed by atoms with Crippen LogP contribution in [0.1, 0.15) is 11.1 Å². The van der Waals surface area contributed by atoms with Crippen molar-refractivity contribution < 1.29 is 0 Å². The van der Waals surface area contributed by atoms with Gasteiger partial charge in [0, 0.05) is 12.4 Å². The summed E-state index contributed by atoms with van der Waals surface area (Å²) < 4.78 is 0. The number of rotatable bonds is 2. The summed E-state index contributed by atoms with van der Waals surface area (Å²) in [6.45, 7) is 4.31. The average Bonchev–Trinajstić information content (AvgIpc) is 2.77. The van der Waals surface area contributed by atoms with Gasteiger partial charge in [-0.15, -0.1) is 11.3 Å². The van der Waals surface area contributed by atoms with Gasteiger partial charge in [0.1, 0.15) is 0 Å². The van der Waals surface area contributed by atoms with E-state index >= 15 is 0 Å². The smallest absolute Gasteiger partial charge is 0.0804 e. The molecule has 2 nitrogen and oxygen atoms in total. The van der Waals surface area contributed by atoms with Crippen LogP contribution in [0.25, 0.3) is 21.1 Å². The first kappa shape index (κ1) is 12.1. The van der Waals surface area contributed by atoms with Crippen LogP contribution in [-0.4, -0.2) is 9.97 Å². The molecule has 0 amide bonds. The Bertz CT molecular complexity index is 628. The summed E-state index contributed by atoms with van der Waals surface area (Å²) in [5.41, 5.74) is 4.67. The minimum absolute atomic E-state index is 1.04. The molecule has 0 spiro atoms. The molecule has 3 heteroatoms. The lowest BCUT2D eigenvalue weighted by Crippen LogP contribution is -1.82. The summed E-state index contributed by atoms with van der Waals surface area (Å²) in [7, 11) is 0. The largest absolute Gasteiger partial charge is 0.255 e. The molecule has 0 bridgehead atoms. The fraction of sp³-hybridized carbons (Fsp3) is 0.125. The van der Waals surface area contributed by atoms with E-state index in [9.17, 15) is 0 Å². The Morgan fingerprint density at radius 3 is 1.58 bits per heavy atom. The third-order valence-corrected chi connectivity index (χ3v) is 4.68. The molecular weight excluding hydrogens is 252 g/mol. The molecule has 94 valence electrons. The summed E-state index contributed by atoms with van der Waals surface area (Å²) in [4.78, 5) is 11.4. The Morgan fingerprint density at radius 2 is 1.21 bits per heavy atom. The Labute approximate surface area is 116 Å². The summed E-state index contributed by atoms with van der Waals surface area (Å²) in [6.07, 6.45) is 3.68. The molecule has 0 saturated heterocycles. The van der Waals surface area contributed by atoms with E-state index in [0.29, 0.717) is 0 Å². The Balaban J connectivity index is 2.16. The molecule has 0 aliphatic heterocycles. The molecule has 3 aromatic rings. The van der Waals surface area contributed by atoms with Crippen molar-refractivity contribution in [2.24, 2.45) is 0 Å². The number of hydrogen-bond donors (Lipinski definition) is 0. The summed E-state index contributed by atoms with van der Waals surface area (Å²) >= 11 is 1.77. The predicted octanol–water partition coefficient (Wildman–Crippen LogP) is 4.49. The highest BCUT2D eigenvalue weighted by Crippen LogP contribution is 2.39. The van der Waals surface area contributed by atoms with E-state index in [1.54, 1.807) is 11.3 Å². The van der Waals surface area contributed by atoms with Crippen molar-refractivity contribution in [3.8, 4) is 21.1 Å². The van der Waals surface area contributed by atoms with Gasteiger partial charge in [-0.3, -0.25) is 9.97 Å². The third kappa shape index (κ3) is 2.17. The zero-order chi connectivity index (χ0) is 13.2. The zero-order valence-electron chi connectivity index (χ0n) is 10.9. The van der Waals surface area contributed by atoms with Gasteiger partial charge >= 0.3 is 0 Å². The maximum atomic E-state index is 4.45. The van der Waals surface area contributed by atoms with E-state index < -0.39 is 0 Å². The number of aromatic nitrogens is 2. The van der Waals surface area contributed by atoms with Gasteiger partial charge < -0.3 is 0 Å². The number of nitrogens with zero attached hydrogens (tertiary/aromatic N) is 2. The van der Waals surface area contributed by atoms with E-state index in [1.165, 1.54) is 20.9 Å². The van der Waals surface area contributed by atoms with Gasteiger partial charge in [0.05, 0.1) is 21.1 Å². The van der Waals surface area contributed by atoms with Gasteiger partial charge in [-0.05, 0) is 49.2 Å². The number of hydrogen-bond acceptors (Lipinski definition) is 3. The molecule has 3 heterocycles. The molecule has 0 N–H and O–H groups in total. The first-order valence-electron chi connectivity index (χ1n) is 6.20. The molecule has 0 radical (unpaired) electrons. The van der Waals surface area contributed by atoms with E-state index in [2.05, 4.69) is 35.9 Å². The van der Waals surface area contributed by atoms with Crippen LogP contribution in [0.3, 0.4) is 0 Å². The second-order valence-electron chi connectivity index (χ2n) is 4.44. The van der Waals surface area contributed by atoms with E-state index in [0.717, 1.165) is 11.4 Å². The van der Waals surface area contributed by atoms with E-state index in [-0.39, 0.29) is 0 Å². The first-order valence-corrected chi connectivity index (χ1v) is 7.02. The molecule has 3 aromatic heterocycles. The Morgan fingerprint density at radius 1 is 0.737 bits per heavy atom. The highest BCUT2D eigenvalue weighted by atomic mass is 32.1. The van der Waals surface area contributed by atoms with Crippen LogP contribution < -0.4 is 0 Å². The minimum Gasteiger partial charge on any atom is -0.255 e. The number of pyridine rings is 2. The Hall–Kier alpha value is -2.00. The second kappa shape index (κ2) is 4.94. The van der Waals surface area contributed by atoms with Crippen molar-refractivity contribution in [2.75, 3.05) is 0 Å². The first-order chi connectivity index (χ1) is 9.27. The minimum atomic E-state index is 1.04. The maximum absolute atomic E-state index is 4.45. The normalized spacial score (nSPS) is 10.6. The molecule has 0 aromatic carbocycles. The van der Waals surface area contributed by atoms with Gasteiger partial charge in [0.2, 0.25) is 0 Å². The second-order valence-corrected chi connectivity index (χ2v) is 5.46. The Kier molecular flexibility index (Phi) is 3.13. The number of thiophene rings is 1. The van der Waals surface area contributed by atoms with Crippen LogP contribution in [0.4, 0.5) is 0 Å². The molecule has 0 aliphatic rings. The van der Waals surface area contributed by atoms with Gasteiger partial charge in [0.15, 0.2) is 0 Å². The summed E-state index contributed by atoms with van der Waals surface area (Å²) in [6, 6.07) is 12.0. The lowest BCUT2D eigenvalue weighted by Gasteiger charge is -1.98. The van der Waals surface area contributed by atoms with Crippen molar-refractivity contribution in [3.05, 3.63) is 59.9 Å². The quantitative estimate of drug-likeness (QED) is 0.683. The van der Waals surface area contributed by atoms with Crippen LogP contribution in [0.2, 0.25) is 0 Å². The van der Waals surface area contributed by atoms with Gasteiger partial charge in [0.25, 0.3) is 0 Å². The molecule has 0 atom stereocenters. The van der Waals surface area contributed by atoms with Crippen LogP contribution >= 0.6 is 11.3 Å². The van der Waals surface area contributed by atoms with Crippen molar-refractivity contribution in [3.63, 3.8) is 0 Å². The molecule has 0 saturated carbocycles. The maximum Gasteiger partial charge on any atom is 0.0804 e. The predicted molar refractivity (Wildman–Crippen MR) is 80.3 cm³/mol. The molecule has 0 aliphatic carbocycles. The van der Waals surface area contributed by atoms with Crippen molar-refractivity contribution >= 4 is 11.3 Å². The van der Waals surface area contributed by atoms with Crippen molar-refractivity contribution in [2.45, 2.75) is 13.8 Å². The van der Waals surface area contributed by atoms with E-state index in [4.69, 9.17) is 0 Å². The SMILES string of the molecule is Cc1c(-c2ccccn2)sc(-c2ccccn2)c1C. The van der Waals surface area contributed by atoms with Crippen molar-refractivity contribution in [1.29, 1.82) is 0 Å². The van der Waals surface area contributed by atoms with Crippen LogP contribution in [-0.2, 0) is 0 Å². The van der Waals surface area contributed by atoms with Gasteiger partial charge in [-0.2, -0.15) is 0 Å². The van der Waals surface area contributed by atoms with E-state index in [1.807, 2.05) is 36.7 Å². The standard InChI is InChI=1S/C16H14N2S/c1-11-12(2)16(14-8-4-6-10-18-14)19-15(11)13-7-3-5-9-17-13/h3-10H,1-2H3. The molecule has 0 unspecified atom stereocenters. The highest BCUT2D eigenvalue weighted by Gasteiger charge is 2.15. The monoisotopic (exact) mass is 266 g/mol. The molecule has 3 rings (SSSR count). The molecular formula is C16H14N2S. The highest BCUT2D eigenvalue weighted by molar-refractivity contribution is 7.19. The average molecular weight is 266 g/mol. The lowest BCUT2D eigenvalue weighted by atomic mass is 10.1. The molecule has 19 heavy (non-hydrogen) atoms. The molecule has 0 fully saturated rings. The topological polar surface area (TPSA) is 25.8 Å². The van der Waals surface area contributed by atoms with Crippen LogP contribution in [0.15, 0.2) is 48.8 Å². The third-order valence-electron chi connectivity index (χ3n) is 3.24. The summed E-state index contributed by atoms with van der Waals surface area (Å²) in [5, 5.41) is 0. The lowest BCUT2D eigenvalue weighted by molar-refractivity contribution is 1.30. The van der Waals surface area contributed by atoms with Gasteiger partial charge in [-0.1, -0.05) is 12.1 Å². The zero-order valence-corrected chi connectivity index (χ0v) is 11.7. The van der Waals surface area contributed by atoms with Crippen molar-refractivity contribution in [1.82, 2.24) is 9.97 Å². The summed E-state index contributed by atoms with van der Waals surface area (Å²) in [5.74, 6) is 0. The fourth-order valence-electron chi connectivity index (χ4n) is 2.08. The fourth-order valence-corrected chi connectivity index (χ4v) is 3.35. The van der Waals surface area contributed by atoms with Gasteiger partial charge in [-0.25, -0.2) is 0 Å².